The van der Waals surface area contributed by atoms with E-state index in [0.717, 1.165) is 18.6 Å². The Hall–Kier alpha value is -0.620. The molecule has 1 unspecified atom stereocenters. The number of rotatable bonds is 2. The summed E-state index contributed by atoms with van der Waals surface area (Å²) in [5.41, 5.74) is 0. The van der Waals surface area contributed by atoms with Gasteiger partial charge in [-0.25, -0.2) is 9.97 Å². The molecule has 4 nitrogen and oxygen atoms in total. The summed E-state index contributed by atoms with van der Waals surface area (Å²) in [6.45, 7) is 0. The highest BCUT2D eigenvalue weighted by Crippen LogP contribution is 2.25. The van der Waals surface area contributed by atoms with E-state index in [1.165, 1.54) is 6.42 Å². The Morgan fingerprint density at radius 2 is 2.31 bits per heavy atom. The number of thioether (sulfide) groups is 1. The first kappa shape index (κ1) is 11.9. The lowest BCUT2D eigenvalue weighted by atomic mass is 10.2. The third kappa shape index (κ3) is 3.18. The second-order valence-corrected chi connectivity index (χ2v) is 5.69. The molecule has 0 radical (unpaired) electrons. The number of hydrogen-bond acceptors (Lipinski definition) is 4. The van der Waals surface area contributed by atoms with Gasteiger partial charge in [-0.2, -0.15) is 0 Å². The topological polar surface area (TPSA) is 54.9 Å². The zero-order valence-corrected chi connectivity index (χ0v) is 11.1. The van der Waals surface area contributed by atoms with Crippen LogP contribution in [0.5, 0.6) is 0 Å². The summed E-state index contributed by atoms with van der Waals surface area (Å²) in [4.78, 5) is 19.9. The maximum atomic E-state index is 11.8. The number of nitrogens with one attached hydrogen (secondary N) is 1. The lowest BCUT2D eigenvalue weighted by Crippen LogP contribution is -2.27. The van der Waals surface area contributed by atoms with Crippen LogP contribution < -0.4 is 5.32 Å². The molecule has 1 atom stereocenters. The Morgan fingerprint density at radius 3 is 2.94 bits per heavy atom. The van der Waals surface area contributed by atoms with Gasteiger partial charge in [0.15, 0.2) is 5.82 Å². The molecule has 0 bridgehead atoms. The molecule has 1 amide bonds. The van der Waals surface area contributed by atoms with Crippen molar-refractivity contribution < 1.29 is 4.79 Å². The van der Waals surface area contributed by atoms with Gasteiger partial charge in [-0.3, -0.25) is 4.79 Å². The van der Waals surface area contributed by atoms with E-state index in [1.54, 1.807) is 24.2 Å². The molecular formula is C10H12BrN3OS. The quantitative estimate of drug-likeness (QED) is 0.912. The number of carbonyl (C=O) groups is 1. The average Bonchev–Trinajstić information content (AvgIpc) is 2.33. The molecular weight excluding hydrogens is 290 g/mol. The number of carbonyl (C=O) groups excluding carboxylic acids is 1. The molecule has 86 valence electrons. The van der Waals surface area contributed by atoms with E-state index in [2.05, 4.69) is 31.2 Å². The van der Waals surface area contributed by atoms with Crippen molar-refractivity contribution in [3.8, 4) is 0 Å². The summed E-state index contributed by atoms with van der Waals surface area (Å²) >= 11 is 4.92. The number of amides is 1. The molecule has 1 aromatic heterocycles. The van der Waals surface area contributed by atoms with Crippen molar-refractivity contribution >= 4 is 39.4 Å². The number of hydrogen-bond donors (Lipinski definition) is 1. The fourth-order valence-electron chi connectivity index (χ4n) is 1.53. The largest absolute Gasteiger partial charge is 0.308 e. The van der Waals surface area contributed by atoms with Gasteiger partial charge in [0, 0.05) is 0 Å². The molecule has 2 rings (SSSR count). The minimum absolute atomic E-state index is 0.0429. The van der Waals surface area contributed by atoms with Gasteiger partial charge in [-0.05, 0) is 34.5 Å². The van der Waals surface area contributed by atoms with Gasteiger partial charge in [0.25, 0.3) is 0 Å². The highest BCUT2D eigenvalue weighted by molar-refractivity contribution is 9.10. The summed E-state index contributed by atoms with van der Waals surface area (Å²) in [6, 6.07) is 0. The third-order valence-corrected chi connectivity index (χ3v) is 4.13. The molecule has 6 heteroatoms. The van der Waals surface area contributed by atoms with Crippen molar-refractivity contribution in [1.29, 1.82) is 0 Å². The fourth-order valence-corrected chi connectivity index (χ4v) is 2.93. The first-order valence-electron chi connectivity index (χ1n) is 5.16. The van der Waals surface area contributed by atoms with Crippen LogP contribution in [0.15, 0.2) is 17.0 Å². The normalized spacial score (nSPS) is 20.4. The highest BCUT2D eigenvalue weighted by Gasteiger charge is 2.21. The SMILES string of the molecule is O=C(Nc1cnc(Br)cn1)C1CCCCS1. The molecule has 1 N–H and O–H groups in total. The van der Waals surface area contributed by atoms with Crippen LogP contribution in [0.1, 0.15) is 19.3 Å². The van der Waals surface area contributed by atoms with Crippen LogP contribution in [-0.2, 0) is 4.79 Å². The first-order chi connectivity index (χ1) is 7.75. The van der Waals surface area contributed by atoms with E-state index in [4.69, 9.17) is 0 Å². The van der Waals surface area contributed by atoms with Crippen LogP contribution in [0, 0.1) is 0 Å². The summed E-state index contributed by atoms with van der Waals surface area (Å²) in [6.07, 6.45) is 6.43. The number of halogens is 1. The van der Waals surface area contributed by atoms with Crippen LogP contribution in [-0.4, -0.2) is 26.9 Å². The van der Waals surface area contributed by atoms with Gasteiger partial charge >= 0.3 is 0 Å². The monoisotopic (exact) mass is 301 g/mol. The zero-order chi connectivity index (χ0) is 11.4. The van der Waals surface area contributed by atoms with E-state index in [1.807, 2.05) is 0 Å². The lowest BCUT2D eigenvalue weighted by molar-refractivity contribution is -0.115. The van der Waals surface area contributed by atoms with Gasteiger partial charge < -0.3 is 5.32 Å². The molecule has 1 saturated heterocycles. The van der Waals surface area contributed by atoms with Crippen LogP contribution in [0.2, 0.25) is 0 Å². The van der Waals surface area contributed by atoms with Crippen molar-refractivity contribution in [2.45, 2.75) is 24.5 Å². The van der Waals surface area contributed by atoms with E-state index in [9.17, 15) is 4.79 Å². The van der Waals surface area contributed by atoms with Gasteiger partial charge in [0.1, 0.15) is 4.60 Å². The summed E-state index contributed by atoms with van der Waals surface area (Å²) in [5.74, 6) is 1.63. The Labute approximate surface area is 107 Å². The Morgan fingerprint density at radius 1 is 1.44 bits per heavy atom. The second kappa shape index (κ2) is 5.63. The molecule has 1 fully saturated rings. The summed E-state index contributed by atoms with van der Waals surface area (Å²) < 4.78 is 0.664. The van der Waals surface area contributed by atoms with Crippen LogP contribution in [0.25, 0.3) is 0 Å². The maximum Gasteiger partial charge on any atom is 0.238 e. The van der Waals surface area contributed by atoms with Crippen LogP contribution >= 0.6 is 27.7 Å². The number of anilines is 1. The smallest absolute Gasteiger partial charge is 0.238 e. The Bertz CT molecular complexity index is 365. The molecule has 1 aliphatic heterocycles. The Kier molecular flexibility index (Phi) is 4.17. The average molecular weight is 302 g/mol. The standard InChI is InChI=1S/C10H12BrN3OS/c11-8-5-13-9(6-12-8)14-10(15)7-3-1-2-4-16-7/h5-7H,1-4H2,(H,13,14,15). The zero-order valence-electron chi connectivity index (χ0n) is 8.65. The molecule has 0 saturated carbocycles. The molecule has 1 aliphatic rings. The van der Waals surface area contributed by atoms with E-state index in [0.29, 0.717) is 10.4 Å². The van der Waals surface area contributed by atoms with Gasteiger partial charge in [0.05, 0.1) is 17.6 Å². The molecule has 0 aliphatic carbocycles. The van der Waals surface area contributed by atoms with Crippen molar-refractivity contribution in [2.75, 3.05) is 11.1 Å². The number of aromatic nitrogens is 2. The predicted molar refractivity (Wildman–Crippen MR) is 68.5 cm³/mol. The minimum atomic E-state index is 0.0429. The predicted octanol–water partition coefficient (Wildman–Crippen LogP) is 2.46. The highest BCUT2D eigenvalue weighted by atomic mass is 79.9. The van der Waals surface area contributed by atoms with Crippen LogP contribution in [0.3, 0.4) is 0 Å². The first-order valence-corrected chi connectivity index (χ1v) is 7.00. The Balaban J connectivity index is 1.93. The summed E-state index contributed by atoms with van der Waals surface area (Å²) in [5, 5.41) is 2.85. The molecule has 0 spiro atoms. The van der Waals surface area contributed by atoms with Crippen molar-refractivity contribution in [3.05, 3.63) is 17.0 Å². The fraction of sp³-hybridized carbons (Fsp3) is 0.500. The maximum absolute atomic E-state index is 11.8. The minimum Gasteiger partial charge on any atom is -0.308 e. The van der Waals surface area contributed by atoms with Crippen LogP contribution in [0.4, 0.5) is 5.82 Å². The lowest BCUT2D eigenvalue weighted by Gasteiger charge is -2.19. The molecule has 1 aromatic rings. The second-order valence-electron chi connectivity index (χ2n) is 3.57. The third-order valence-electron chi connectivity index (χ3n) is 2.34. The van der Waals surface area contributed by atoms with Gasteiger partial charge in [0.2, 0.25) is 5.91 Å². The van der Waals surface area contributed by atoms with Crippen molar-refractivity contribution in [3.63, 3.8) is 0 Å². The van der Waals surface area contributed by atoms with E-state index < -0.39 is 0 Å². The number of nitrogens with zero attached hydrogens (tertiary/aromatic N) is 2. The van der Waals surface area contributed by atoms with Gasteiger partial charge in [-0.1, -0.05) is 6.42 Å². The van der Waals surface area contributed by atoms with Gasteiger partial charge in [-0.15, -0.1) is 11.8 Å². The molecule has 16 heavy (non-hydrogen) atoms. The van der Waals surface area contributed by atoms with E-state index in [-0.39, 0.29) is 11.2 Å². The molecule has 0 aromatic carbocycles. The van der Waals surface area contributed by atoms with Crippen molar-refractivity contribution in [2.24, 2.45) is 0 Å². The summed E-state index contributed by atoms with van der Waals surface area (Å²) in [7, 11) is 0. The molecule has 2 heterocycles. The van der Waals surface area contributed by atoms with Crippen molar-refractivity contribution in [1.82, 2.24) is 9.97 Å². The van der Waals surface area contributed by atoms with E-state index >= 15 is 0 Å².